The zero-order valence-corrected chi connectivity index (χ0v) is 17.8. The van der Waals surface area contributed by atoms with Gasteiger partial charge in [0.25, 0.3) is 15.9 Å². The summed E-state index contributed by atoms with van der Waals surface area (Å²) in [6, 6.07) is 10.1. The van der Waals surface area contributed by atoms with Crippen LogP contribution in [0.5, 0.6) is 0 Å². The van der Waals surface area contributed by atoms with Gasteiger partial charge in [-0.15, -0.1) is 11.8 Å². The topological polar surface area (TPSA) is 75.7 Å². The van der Waals surface area contributed by atoms with Crippen molar-refractivity contribution in [3.05, 3.63) is 53.1 Å². The number of nitrogens with one attached hydrogen (secondary N) is 1. The molecule has 1 N–H and O–H groups in total. The van der Waals surface area contributed by atoms with Gasteiger partial charge in [0.15, 0.2) is 0 Å². The van der Waals surface area contributed by atoms with Crippen LogP contribution in [0.3, 0.4) is 0 Å². The fraction of sp³-hybridized carbons (Fsp3) is 0.350. The average molecular weight is 421 g/mol. The summed E-state index contributed by atoms with van der Waals surface area (Å²) in [7, 11) is -3.81. The molecule has 150 valence electrons. The van der Waals surface area contributed by atoms with E-state index in [-0.39, 0.29) is 10.8 Å². The maximum Gasteiger partial charge on any atom is 0.261 e. The van der Waals surface area contributed by atoms with Crippen LogP contribution in [0.15, 0.2) is 46.2 Å². The van der Waals surface area contributed by atoms with Crippen LogP contribution in [0.4, 0.5) is 5.69 Å². The van der Waals surface area contributed by atoms with Crippen molar-refractivity contribution in [1.29, 1.82) is 0 Å². The first-order chi connectivity index (χ1) is 13.3. The number of amides is 1. The molecule has 0 unspecified atom stereocenters. The molecule has 1 heterocycles. The molecule has 3 rings (SSSR count). The normalized spacial score (nSPS) is 14.8. The number of sulfonamides is 1. The summed E-state index contributed by atoms with van der Waals surface area (Å²) in [6.45, 7) is 5.89. The number of carbonyl (C=O) groups is 1. The number of benzene rings is 2. The zero-order chi connectivity index (χ0) is 20.3. The minimum atomic E-state index is -3.81. The van der Waals surface area contributed by atoms with Gasteiger partial charge in [0.05, 0.1) is 23.7 Å². The van der Waals surface area contributed by atoms with Crippen molar-refractivity contribution >= 4 is 33.4 Å². The second-order valence-electron chi connectivity index (χ2n) is 6.67. The van der Waals surface area contributed by atoms with E-state index in [4.69, 9.17) is 4.74 Å². The van der Waals surface area contributed by atoms with Crippen molar-refractivity contribution in [3.8, 4) is 0 Å². The molecule has 0 spiro atoms. The number of hydrogen-bond donors (Lipinski definition) is 1. The molecule has 28 heavy (non-hydrogen) atoms. The van der Waals surface area contributed by atoms with Crippen LogP contribution in [0.1, 0.15) is 21.5 Å². The lowest BCUT2D eigenvalue weighted by atomic mass is 10.1. The first-order valence-corrected chi connectivity index (χ1v) is 11.7. The van der Waals surface area contributed by atoms with E-state index in [1.54, 1.807) is 23.1 Å². The van der Waals surface area contributed by atoms with Gasteiger partial charge in [-0.1, -0.05) is 6.07 Å². The number of morpholine rings is 1. The van der Waals surface area contributed by atoms with Crippen molar-refractivity contribution in [2.45, 2.75) is 23.6 Å². The molecule has 2 aromatic rings. The summed E-state index contributed by atoms with van der Waals surface area (Å²) in [6.07, 6.45) is 1.87. The van der Waals surface area contributed by atoms with Gasteiger partial charge in [-0.3, -0.25) is 9.52 Å². The molecule has 2 aromatic carbocycles. The third-order valence-electron chi connectivity index (χ3n) is 4.77. The fourth-order valence-corrected chi connectivity index (χ4v) is 4.62. The van der Waals surface area contributed by atoms with Crippen molar-refractivity contribution in [2.75, 3.05) is 37.3 Å². The molecule has 1 saturated heterocycles. The van der Waals surface area contributed by atoms with Crippen molar-refractivity contribution in [3.63, 3.8) is 0 Å². The average Bonchev–Trinajstić information content (AvgIpc) is 2.70. The smallest absolute Gasteiger partial charge is 0.261 e. The Morgan fingerprint density at radius 3 is 2.43 bits per heavy atom. The van der Waals surface area contributed by atoms with Crippen LogP contribution in [0.2, 0.25) is 0 Å². The monoisotopic (exact) mass is 420 g/mol. The number of aryl methyl sites for hydroxylation is 2. The first kappa shape index (κ1) is 20.7. The minimum absolute atomic E-state index is 0.0696. The molecule has 8 heteroatoms. The predicted octanol–water partition coefficient (Wildman–Crippen LogP) is 3.30. The molecule has 6 nitrogen and oxygen atoms in total. The molecule has 0 bridgehead atoms. The highest BCUT2D eigenvalue weighted by Gasteiger charge is 2.24. The Balaban J connectivity index is 1.92. The summed E-state index contributed by atoms with van der Waals surface area (Å²) in [5, 5.41) is 0. The summed E-state index contributed by atoms with van der Waals surface area (Å²) >= 11 is 1.42. The Labute approximate surface area is 170 Å². The van der Waals surface area contributed by atoms with Gasteiger partial charge >= 0.3 is 0 Å². The third-order valence-corrected chi connectivity index (χ3v) is 6.94. The van der Waals surface area contributed by atoms with E-state index in [9.17, 15) is 13.2 Å². The summed E-state index contributed by atoms with van der Waals surface area (Å²) in [5.41, 5.74) is 2.99. The molecular formula is C20H24N2O4S2. The van der Waals surface area contributed by atoms with E-state index in [0.29, 0.717) is 37.6 Å². The van der Waals surface area contributed by atoms with E-state index in [0.717, 1.165) is 16.0 Å². The van der Waals surface area contributed by atoms with Gasteiger partial charge in [0.2, 0.25) is 0 Å². The standard InChI is InChI=1S/C20H24N2O4S2/c1-14-4-5-16(12-15(14)2)21-28(24,25)17-6-7-19(27-3)18(13-17)20(23)22-8-10-26-11-9-22/h4-7,12-13,21H,8-11H2,1-3H3. The number of carbonyl (C=O) groups excluding carboxylic acids is 1. The second-order valence-corrected chi connectivity index (χ2v) is 9.20. The number of thioether (sulfide) groups is 1. The quantitative estimate of drug-likeness (QED) is 0.751. The molecule has 0 aliphatic carbocycles. The van der Waals surface area contributed by atoms with Crippen LogP contribution < -0.4 is 4.72 Å². The predicted molar refractivity (Wildman–Crippen MR) is 112 cm³/mol. The number of nitrogens with zero attached hydrogens (tertiary/aromatic N) is 1. The molecule has 1 fully saturated rings. The molecule has 0 radical (unpaired) electrons. The summed E-state index contributed by atoms with van der Waals surface area (Å²) in [4.78, 5) is 15.5. The highest BCUT2D eigenvalue weighted by Crippen LogP contribution is 2.27. The third kappa shape index (κ3) is 4.51. The maximum absolute atomic E-state index is 12.9. The van der Waals surface area contributed by atoms with Crippen molar-refractivity contribution < 1.29 is 17.9 Å². The van der Waals surface area contributed by atoms with E-state index in [2.05, 4.69) is 4.72 Å². The minimum Gasteiger partial charge on any atom is -0.378 e. The fourth-order valence-electron chi connectivity index (χ4n) is 2.98. The Bertz CT molecular complexity index is 984. The SMILES string of the molecule is CSc1ccc(S(=O)(=O)Nc2ccc(C)c(C)c2)cc1C(=O)N1CCOCC1. The number of hydrogen-bond acceptors (Lipinski definition) is 5. The van der Waals surface area contributed by atoms with E-state index in [1.165, 1.54) is 23.9 Å². The van der Waals surface area contributed by atoms with Gasteiger partial charge in [-0.25, -0.2) is 8.42 Å². The van der Waals surface area contributed by atoms with Crippen LogP contribution in [0.25, 0.3) is 0 Å². The second kappa shape index (κ2) is 8.55. The molecule has 1 aliphatic heterocycles. The number of anilines is 1. The zero-order valence-electron chi connectivity index (χ0n) is 16.2. The van der Waals surface area contributed by atoms with Gasteiger partial charge in [-0.05, 0) is 61.6 Å². The highest BCUT2D eigenvalue weighted by atomic mass is 32.2. The van der Waals surface area contributed by atoms with Crippen molar-refractivity contribution in [1.82, 2.24) is 4.90 Å². The molecular weight excluding hydrogens is 396 g/mol. The van der Waals surface area contributed by atoms with Gasteiger partial charge in [-0.2, -0.15) is 0 Å². The molecule has 0 atom stereocenters. The number of ether oxygens (including phenoxy) is 1. The first-order valence-electron chi connectivity index (χ1n) is 8.97. The molecule has 0 aromatic heterocycles. The maximum atomic E-state index is 12.9. The van der Waals surface area contributed by atoms with Gasteiger partial charge < -0.3 is 9.64 Å². The van der Waals surface area contributed by atoms with Crippen LogP contribution in [-0.2, 0) is 14.8 Å². The lowest BCUT2D eigenvalue weighted by Crippen LogP contribution is -2.40. The number of rotatable bonds is 5. The van der Waals surface area contributed by atoms with E-state index in [1.807, 2.05) is 26.2 Å². The molecule has 1 aliphatic rings. The highest BCUT2D eigenvalue weighted by molar-refractivity contribution is 7.98. The van der Waals surface area contributed by atoms with Crippen molar-refractivity contribution in [2.24, 2.45) is 0 Å². The van der Waals surface area contributed by atoms with Crippen LogP contribution in [0, 0.1) is 13.8 Å². The lowest BCUT2D eigenvalue weighted by molar-refractivity contribution is 0.0300. The van der Waals surface area contributed by atoms with E-state index >= 15 is 0 Å². The Morgan fingerprint density at radius 1 is 1.07 bits per heavy atom. The van der Waals surface area contributed by atoms with Crippen LogP contribution >= 0.6 is 11.8 Å². The van der Waals surface area contributed by atoms with Gasteiger partial charge in [0.1, 0.15) is 0 Å². The van der Waals surface area contributed by atoms with Crippen LogP contribution in [-0.4, -0.2) is 51.8 Å². The molecule has 1 amide bonds. The van der Waals surface area contributed by atoms with Gasteiger partial charge in [0, 0.05) is 23.7 Å². The Kier molecular flexibility index (Phi) is 6.32. The summed E-state index contributed by atoms with van der Waals surface area (Å²) < 4.78 is 33.7. The summed E-state index contributed by atoms with van der Waals surface area (Å²) in [5.74, 6) is -0.170. The molecule has 0 saturated carbocycles. The van der Waals surface area contributed by atoms with E-state index < -0.39 is 10.0 Å². The largest absolute Gasteiger partial charge is 0.378 e. The Morgan fingerprint density at radius 2 is 1.79 bits per heavy atom. The Hall–Kier alpha value is -2.03. The lowest BCUT2D eigenvalue weighted by Gasteiger charge is -2.27.